The van der Waals surface area contributed by atoms with Crippen LogP contribution < -0.4 is 4.90 Å². The van der Waals surface area contributed by atoms with Gasteiger partial charge >= 0.3 is 0 Å². The second kappa shape index (κ2) is 10.2. The molecule has 0 amide bonds. The lowest BCUT2D eigenvalue weighted by atomic mass is 9.79. The Hall–Kier alpha value is -5.66. The first kappa shape index (κ1) is 26.7. The molecule has 8 aromatic carbocycles. The minimum atomic E-state index is -0.141. The molecule has 0 saturated heterocycles. The quantitative estimate of drug-likeness (QED) is 0.185. The van der Waals surface area contributed by atoms with Gasteiger partial charge in [-0.2, -0.15) is 0 Å². The van der Waals surface area contributed by atoms with Crippen molar-refractivity contribution in [3.8, 4) is 22.3 Å². The summed E-state index contributed by atoms with van der Waals surface area (Å²) in [6.07, 6.45) is 0. The van der Waals surface area contributed by atoms with Crippen molar-refractivity contribution in [1.82, 2.24) is 0 Å². The smallest absolute Gasteiger partial charge is 0.0540 e. The van der Waals surface area contributed by atoms with Crippen LogP contribution in [0, 0.1) is 0 Å². The summed E-state index contributed by atoms with van der Waals surface area (Å²) in [5.74, 6) is 0. The highest BCUT2D eigenvalue weighted by atomic mass is 15.1. The minimum Gasteiger partial charge on any atom is -0.310 e. The number of benzene rings is 8. The van der Waals surface area contributed by atoms with E-state index in [0.29, 0.717) is 0 Å². The number of anilines is 3. The van der Waals surface area contributed by atoms with E-state index in [-0.39, 0.29) is 5.41 Å². The van der Waals surface area contributed by atoms with E-state index in [1.54, 1.807) is 0 Å². The van der Waals surface area contributed by atoms with Crippen molar-refractivity contribution in [2.75, 3.05) is 4.90 Å². The van der Waals surface area contributed by atoms with Crippen LogP contribution in [-0.2, 0) is 5.41 Å². The van der Waals surface area contributed by atoms with Crippen molar-refractivity contribution in [2.45, 2.75) is 19.3 Å². The van der Waals surface area contributed by atoms with E-state index in [9.17, 15) is 0 Å². The third-order valence-electron chi connectivity index (χ3n) is 9.99. The van der Waals surface area contributed by atoms with Gasteiger partial charge in [0.05, 0.1) is 5.69 Å². The average Bonchev–Trinajstić information content (AvgIpc) is 3.36. The van der Waals surface area contributed by atoms with Crippen LogP contribution in [0.15, 0.2) is 164 Å². The van der Waals surface area contributed by atoms with Crippen molar-refractivity contribution < 1.29 is 0 Å². The molecule has 0 aliphatic heterocycles. The van der Waals surface area contributed by atoms with E-state index in [1.807, 2.05) is 0 Å². The summed E-state index contributed by atoms with van der Waals surface area (Å²) in [7, 11) is 0. The minimum absolute atomic E-state index is 0.141. The number of hydrogen-bond acceptors (Lipinski definition) is 1. The molecule has 1 nitrogen and oxygen atoms in total. The van der Waals surface area contributed by atoms with Crippen molar-refractivity contribution in [3.63, 3.8) is 0 Å². The molecule has 0 spiro atoms. The first-order chi connectivity index (χ1) is 22.6. The third-order valence-corrected chi connectivity index (χ3v) is 9.99. The highest BCUT2D eigenvalue weighted by molar-refractivity contribution is 6.21. The Morgan fingerprint density at radius 2 is 1.09 bits per heavy atom. The van der Waals surface area contributed by atoms with E-state index in [1.165, 1.54) is 65.7 Å². The largest absolute Gasteiger partial charge is 0.310 e. The van der Waals surface area contributed by atoms with Gasteiger partial charge in [-0.05, 0) is 90.5 Å². The molecule has 1 aliphatic rings. The number of hydrogen-bond donors (Lipinski definition) is 0. The van der Waals surface area contributed by atoms with E-state index < -0.39 is 0 Å². The second-order valence-corrected chi connectivity index (χ2v) is 12.9. The summed E-state index contributed by atoms with van der Waals surface area (Å²) < 4.78 is 0. The maximum absolute atomic E-state index is 2.42. The predicted molar refractivity (Wildman–Crippen MR) is 197 cm³/mol. The Morgan fingerprint density at radius 3 is 1.89 bits per heavy atom. The lowest BCUT2D eigenvalue weighted by Crippen LogP contribution is -2.16. The molecule has 0 aromatic heterocycles. The zero-order valence-electron chi connectivity index (χ0n) is 26.0. The molecular weight excluding hydrogens is 555 g/mol. The van der Waals surface area contributed by atoms with Gasteiger partial charge in [0.1, 0.15) is 0 Å². The molecule has 0 bridgehead atoms. The first-order valence-corrected chi connectivity index (χ1v) is 16.1. The lowest BCUT2D eigenvalue weighted by Gasteiger charge is -2.29. The van der Waals surface area contributed by atoms with Crippen molar-refractivity contribution in [3.05, 3.63) is 175 Å². The predicted octanol–water partition coefficient (Wildman–Crippen LogP) is 12.6. The molecule has 0 unspecified atom stereocenters. The normalized spacial score (nSPS) is 13.2. The van der Waals surface area contributed by atoms with Gasteiger partial charge in [-0.3, -0.25) is 0 Å². The Bertz CT molecular complexity index is 2440. The Kier molecular flexibility index (Phi) is 5.92. The topological polar surface area (TPSA) is 3.24 Å². The molecule has 0 heterocycles. The van der Waals surface area contributed by atoms with Crippen molar-refractivity contribution in [2.24, 2.45) is 0 Å². The maximum atomic E-state index is 2.42. The number of nitrogens with zero attached hydrogens (tertiary/aromatic N) is 1. The molecule has 9 rings (SSSR count). The van der Waals surface area contributed by atoms with E-state index >= 15 is 0 Å². The van der Waals surface area contributed by atoms with Crippen LogP contribution in [0.5, 0.6) is 0 Å². The summed E-state index contributed by atoms with van der Waals surface area (Å²) in [4.78, 5) is 2.41. The average molecular weight is 588 g/mol. The third kappa shape index (κ3) is 3.88. The lowest BCUT2D eigenvalue weighted by molar-refractivity contribution is 0.667. The molecule has 0 radical (unpaired) electrons. The molecule has 218 valence electrons. The molecule has 46 heavy (non-hydrogen) atoms. The van der Waals surface area contributed by atoms with Crippen LogP contribution in [-0.4, -0.2) is 0 Å². The van der Waals surface area contributed by atoms with Crippen LogP contribution in [0.3, 0.4) is 0 Å². The van der Waals surface area contributed by atoms with Gasteiger partial charge < -0.3 is 4.90 Å². The second-order valence-electron chi connectivity index (χ2n) is 12.9. The van der Waals surface area contributed by atoms with Crippen LogP contribution in [0.1, 0.15) is 25.0 Å². The van der Waals surface area contributed by atoms with Gasteiger partial charge in [0.2, 0.25) is 0 Å². The standard InChI is InChI=1S/C45H33N/c1-45(2)40-28-25-31-17-9-10-21-35(31)42(40)43-37-23-12-11-22-36(37)39-29-33(26-27-38(39)44(43)45)46(32-18-7-4-8-19-32)41-24-14-13-20-34(41)30-15-5-3-6-16-30/h3-29H,1-2H3. The van der Waals surface area contributed by atoms with Gasteiger partial charge in [0.15, 0.2) is 0 Å². The van der Waals surface area contributed by atoms with Crippen LogP contribution in [0.25, 0.3) is 54.6 Å². The van der Waals surface area contributed by atoms with Gasteiger partial charge in [0.25, 0.3) is 0 Å². The molecular formula is C45H33N. The molecule has 0 fully saturated rings. The highest BCUT2D eigenvalue weighted by Crippen LogP contribution is 2.57. The Morgan fingerprint density at radius 1 is 0.435 bits per heavy atom. The monoisotopic (exact) mass is 587 g/mol. The van der Waals surface area contributed by atoms with Crippen molar-refractivity contribution >= 4 is 49.4 Å². The number of para-hydroxylation sites is 2. The summed E-state index contributed by atoms with van der Waals surface area (Å²) in [5, 5.41) is 7.85. The fraction of sp³-hybridized carbons (Fsp3) is 0.0667. The maximum Gasteiger partial charge on any atom is 0.0540 e. The molecule has 0 atom stereocenters. The van der Waals surface area contributed by atoms with E-state index in [0.717, 1.165) is 17.1 Å². The van der Waals surface area contributed by atoms with Crippen LogP contribution >= 0.6 is 0 Å². The molecule has 8 aromatic rings. The molecule has 0 saturated carbocycles. The Labute approximate surface area is 270 Å². The summed E-state index contributed by atoms with van der Waals surface area (Å²) in [6, 6.07) is 59.9. The Balaban J connectivity index is 1.35. The summed E-state index contributed by atoms with van der Waals surface area (Å²) in [6.45, 7) is 4.81. The van der Waals surface area contributed by atoms with Crippen LogP contribution in [0.2, 0.25) is 0 Å². The number of rotatable bonds is 4. The number of fused-ring (bicyclic) bond motifs is 10. The highest BCUT2D eigenvalue weighted by Gasteiger charge is 2.39. The summed E-state index contributed by atoms with van der Waals surface area (Å²) in [5.41, 5.74) is 11.3. The summed E-state index contributed by atoms with van der Waals surface area (Å²) >= 11 is 0. The van der Waals surface area contributed by atoms with E-state index in [2.05, 4.69) is 183 Å². The fourth-order valence-electron chi connectivity index (χ4n) is 7.96. The SMILES string of the molecule is CC1(C)c2ccc3ccccc3c2-c2c1c1ccc(N(c3ccccc3)c3ccccc3-c3ccccc3)cc1c1ccccc21. The zero-order valence-corrected chi connectivity index (χ0v) is 26.0. The van der Waals surface area contributed by atoms with E-state index in [4.69, 9.17) is 0 Å². The molecule has 1 aliphatic carbocycles. The van der Waals surface area contributed by atoms with Gasteiger partial charge in [-0.25, -0.2) is 0 Å². The zero-order chi connectivity index (χ0) is 30.8. The van der Waals surface area contributed by atoms with Gasteiger partial charge in [-0.15, -0.1) is 0 Å². The molecule has 1 heteroatoms. The fourth-order valence-corrected chi connectivity index (χ4v) is 7.96. The van der Waals surface area contributed by atoms with Gasteiger partial charge in [0, 0.05) is 22.4 Å². The van der Waals surface area contributed by atoms with Crippen LogP contribution in [0.4, 0.5) is 17.1 Å². The van der Waals surface area contributed by atoms with Gasteiger partial charge in [-0.1, -0.05) is 147 Å². The van der Waals surface area contributed by atoms with Crippen molar-refractivity contribution in [1.29, 1.82) is 0 Å². The first-order valence-electron chi connectivity index (χ1n) is 16.1. The molecule has 0 N–H and O–H groups in total.